The summed E-state index contributed by atoms with van der Waals surface area (Å²) in [5, 5.41) is 0. The maximum Gasteiger partial charge on any atom is 0.113 e. The van der Waals surface area contributed by atoms with Crippen LogP contribution < -0.4 is 0 Å². The predicted octanol–water partition coefficient (Wildman–Crippen LogP) is 7.03. The van der Waals surface area contributed by atoms with Gasteiger partial charge in [0.2, 0.25) is 0 Å². The fourth-order valence-electron chi connectivity index (χ4n) is 4.53. The summed E-state index contributed by atoms with van der Waals surface area (Å²) in [5.41, 5.74) is 3.53. The number of piperidine rings is 1. The molecule has 1 unspecified atom stereocenters. The largest absolute Gasteiger partial charge is 0.295 e. The van der Waals surface area contributed by atoms with Crippen LogP contribution in [-0.4, -0.2) is 36.4 Å². The molecule has 0 aromatic carbocycles. The Morgan fingerprint density at radius 1 is 1.25 bits per heavy atom. The minimum atomic E-state index is -0.687. The van der Waals surface area contributed by atoms with Crippen molar-refractivity contribution in [3.8, 4) is 0 Å². The zero-order chi connectivity index (χ0) is 19.9. The number of halogens is 1. The van der Waals surface area contributed by atoms with E-state index < -0.39 is 6.17 Å². The molecule has 1 saturated heterocycles. The van der Waals surface area contributed by atoms with Crippen LogP contribution in [0.25, 0.3) is 0 Å². The highest BCUT2D eigenvalue weighted by Gasteiger charge is 2.24. The van der Waals surface area contributed by atoms with Crippen molar-refractivity contribution in [2.75, 3.05) is 19.6 Å². The molecule has 0 bridgehead atoms. The normalized spacial score (nSPS) is 23.4. The molecule has 0 amide bonds. The lowest BCUT2D eigenvalue weighted by Gasteiger charge is -2.29. The van der Waals surface area contributed by atoms with Gasteiger partial charge in [0, 0.05) is 34.1 Å². The van der Waals surface area contributed by atoms with Crippen LogP contribution in [0.2, 0.25) is 0 Å². The number of aliphatic imine (C=N–C) groups is 1. The second kappa shape index (κ2) is 10.7. The molecule has 1 aromatic rings. The first-order chi connectivity index (χ1) is 13.6. The lowest BCUT2D eigenvalue weighted by atomic mass is 9.88. The van der Waals surface area contributed by atoms with E-state index in [4.69, 9.17) is 4.99 Å². The summed E-state index contributed by atoms with van der Waals surface area (Å²) >= 11 is 1.96. The monoisotopic (exact) mass is 404 g/mol. The molecule has 1 aliphatic carbocycles. The van der Waals surface area contributed by atoms with Crippen molar-refractivity contribution in [1.29, 1.82) is 0 Å². The molecule has 2 heterocycles. The van der Waals surface area contributed by atoms with Crippen LogP contribution in [-0.2, 0) is 0 Å². The van der Waals surface area contributed by atoms with Gasteiger partial charge in [-0.05, 0) is 64.5 Å². The number of nitrogens with zero attached hydrogens (tertiary/aromatic N) is 2. The Balaban J connectivity index is 1.85. The van der Waals surface area contributed by atoms with Gasteiger partial charge in [-0.2, -0.15) is 0 Å². The highest BCUT2D eigenvalue weighted by molar-refractivity contribution is 7.12. The van der Waals surface area contributed by atoms with Crippen LogP contribution in [0.15, 0.2) is 22.8 Å². The summed E-state index contributed by atoms with van der Waals surface area (Å²) < 4.78 is 14.0. The van der Waals surface area contributed by atoms with Crippen LogP contribution >= 0.6 is 11.3 Å². The molecule has 156 valence electrons. The highest BCUT2D eigenvalue weighted by Crippen LogP contribution is 2.38. The van der Waals surface area contributed by atoms with Gasteiger partial charge >= 0.3 is 0 Å². The summed E-state index contributed by atoms with van der Waals surface area (Å²) in [4.78, 5) is 10.2. The fourth-order valence-corrected chi connectivity index (χ4v) is 5.75. The van der Waals surface area contributed by atoms with Crippen LogP contribution in [0, 0.1) is 6.92 Å². The van der Waals surface area contributed by atoms with E-state index >= 15 is 0 Å². The van der Waals surface area contributed by atoms with E-state index in [1.54, 1.807) is 0 Å². The minimum Gasteiger partial charge on any atom is -0.295 e. The van der Waals surface area contributed by atoms with E-state index in [0.29, 0.717) is 13.0 Å². The third-order valence-corrected chi connectivity index (χ3v) is 7.33. The van der Waals surface area contributed by atoms with Crippen LogP contribution in [0.3, 0.4) is 0 Å². The number of likely N-dealkylation sites (tertiary alicyclic amines) is 1. The molecule has 0 radical (unpaired) electrons. The van der Waals surface area contributed by atoms with E-state index in [2.05, 4.69) is 37.8 Å². The Morgan fingerprint density at radius 3 is 2.75 bits per heavy atom. The number of thiophene rings is 1. The Kier molecular flexibility index (Phi) is 8.28. The molecule has 1 saturated carbocycles. The van der Waals surface area contributed by atoms with Gasteiger partial charge in [-0.25, -0.2) is 4.39 Å². The molecule has 2 aliphatic rings. The number of rotatable bonds is 7. The topological polar surface area (TPSA) is 15.6 Å². The van der Waals surface area contributed by atoms with Gasteiger partial charge in [-0.1, -0.05) is 38.7 Å². The summed E-state index contributed by atoms with van der Waals surface area (Å²) in [7, 11) is 0. The van der Waals surface area contributed by atoms with E-state index in [1.165, 1.54) is 47.4 Å². The molecular weight excluding hydrogens is 367 g/mol. The van der Waals surface area contributed by atoms with E-state index in [0.717, 1.165) is 49.7 Å². The van der Waals surface area contributed by atoms with Crippen molar-refractivity contribution in [2.24, 2.45) is 4.99 Å². The lowest BCUT2D eigenvalue weighted by Crippen LogP contribution is -2.39. The SMILES string of the molecule is CCC/C=C(\C)N=C(CN1CCCC(F)C1)c1cc(C2CCCCC2)sc1C. The first-order valence-corrected chi connectivity index (χ1v) is 12.1. The Labute approximate surface area is 174 Å². The van der Waals surface area contributed by atoms with Crippen molar-refractivity contribution in [3.05, 3.63) is 33.2 Å². The molecule has 4 heteroatoms. The van der Waals surface area contributed by atoms with Gasteiger partial charge in [-0.15, -0.1) is 11.3 Å². The number of hydrogen-bond acceptors (Lipinski definition) is 3. The molecule has 1 aliphatic heterocycles. The molecule has 0 spiro atoms. The fraction of sp³-hybridized carbons (Fsp3) is 0.708. The number of aryl methyl sites for hydroxylation is 1. The number of alkyl halides is 1. The average molecular weight is 405 g/mol. The molecule has 2 nitrogen and oxygen atoms in total. The van der Waals surface area contributed by atoms with E-state index in [9.17, 15) is 4.39 Å². The Morgan fingerprint density at radius 2 is 2.04 bits per heavy atom. The number of hydrogen-bond donors (Lipinski definition) is 0. The van der Waals surface area contributed by atoms with Crippen LogP contribution in [0.5, 0.6) is 0 Å². The smallest absolute Gasteiger partial charge is 0.113 e. The first-order valence-electron chi connectivity index (χ1n) is 11.3. The number of unbranched alkanes of at least 4 members (excludes halogenated alkanes) is 1. The minimum absolute atomic E-state index is 0.551. The summed E-state index contributed by atoms with van der Waals surface area (Å²) in [5.74, 6) is 0.731. The molecule has 1 aromatic heterocycles. The maximum absolute atomic E-state index is 14.0. The van der Waals surface area contributed by atoms with Gasteiger partial charge in [-0.3, -0.25) is 9.89 Å². The quantitative estimate of drug-likeness (QED) is 0.445. The zero-order valence-electron chi connectivity index (χ0n) is 18.0. The third-order valence-electron chi connectivity index (χ3n) is 6.12. The van der Waals surface area contributed by atoms with Crippen molar-refractivity contribution < 1.29 is 4.39 Å². The van der Waals surface area contributed by atoms with E-state index in [-0.39, 0.29) is 0 Å². The van der Waals surface area contributed by atoms with Gasteiger partial charge in [0.25, 0.3) is 0 Å². The zero-order valence-corrected chi connectivity index (χ0v) is 18.8. The van der Waals surface area contributed by atoms with Crippen molar-refractivity contribution in [1.82, 2.24) is 4.90 Å². The highest BCUT2D eigenvalue weighted by atomic mass is 32.1. The molecule has 2 fully saturated rings. The molecule has 0 N–H and O–H groups in total. The molecule has 1 atom stereocenters. The first kappa shape index (κ1) is 21.7. The summed E-state index contributed by atoms with van der Waals surface area (Å²) in [6, 6.07) is 2.42. The second-order valence-electron chi connectivity index (χ2n) is 8.62. The Hall–Kier alpha value is -1.00. The van der Waals surface area contributed by atoms with Crippen molar-refractivity contribution in [2.45, 2.75) is 90.6 Å². The standard InChI is InChI=1S/C24H37FN2S/c1-4-5-10-18(2)26-23(17-27-14-9-13-21(25)16-27)22-15-24(28-19(22)3)20-11-7-6-8-12-20/h10,15,20-21H,4-9,11-14,16-17H2,1-3H3/b18-10+,26-23?. The van der Waals surface area contributed by atoms with Crippen LogP contribution in [0.4, 0.5) is 4.39 Å². The molecular formula is C24H37FN2S. The third kappa shape index (κ3) is 6.00. The molecule has 28 heavy (non-hydrogen) atoms. The van der Waals surface area contributed by atoms with Crippen molar-refractivity contribution >= 4 is 17.0 Å². The second-order valence-corrected chi connectivity index (χ2v) is 9.91. The maximum atomic E-state index is 14.0. The van der Waals surface area contributed by atoms with Crippen molar-refractivity contribution in [3.63, 3.8) is 0 Å². The predicted molar refractivity (Wildman–Crippen MR) is 121 cm³/mol. The summed E-state index contributed by atoms with van der Waals surface area (Å²) in [6.45, 7) is 8.84. The van der Waals surface area contributed by atoms with Gasteiger partial charge < -0.3 is 0 Å². The summed E-state index contributed by atoms with van der Waals surface area (Å²) in [6.07, 6.45) is 12.2. The van der Waals surface area contributed by atoms with Gasteiger partial charge in [0.1, 0.15) is 6.17 Å². The Bertz CT molecular complexity index is 685. The lowest BCUT2D eigenvalue weighted by molar-refractivity contribution is 0.154. The van der Waals surface area contributed by atoms with Crippen LogP contribution in [0.1, 0.15) is 92.9 Å². The van der Waals surface area contributed by atoms with Gasteiger partial charge in [0.15, 0.2) is 0 Å². The van der Waals surface area contributed by atoms with Gasteiger partial charge in [0.05, 0.1) is 5.71 Å². The van der Waals surface area contributed by atoms with E-state index in [1.807, 2.05) is 11.3 Å². The number of allylic oxidation sites excluding steroid dienone is 2. The molecule has 3 rings (SSSR count). The average Bonchev–Trinajstić information content (AvgIpc) is 3.08.